The Morgan fingerprint density at radius 3 is 2.90 bits per heavy atom. The number of imide groups is 1. The molecule has 0 saturated carbocycles. The first-order valence-corrected chi connectivity index (χ1v) is 6.62. The van der Waals surface area contributed by atoms with Crippen molar-refractivity contribution in [2.24, 2.45) is 0 Å². The minimum Gasteiger partial charge on any atom is -0.356 e. The molecule has 21 heavy (non-hydrogen) atoms. The Morgan fingerprint density at radius 2 is 2.24 bits per heavy atom. The average molecular weight is 289 g/mol. The van der Waals surface area contributed by atoms with E-state index in [0.717, 1.165) is 4.90 Å². The van der Waals surface area contributed by atoms with Gasteiger partial charge in [-0.3, -0.25) is 14.5 Å². The number of carbonyl (C=O) groups is 2. The summed E-state index contributed by atoms with van der Waals surface area (Å²) in [5, 5.41) is 6.01. The van der Waals surface area contributed by atoms with Crippen LogP contribution in [0.5, 0.6) is 0 Å². The van der Waals surface area contributed by atoms with E-state index in [1.54, 1.807) is 0 Å². The zero-order valence-electron chi connectivity index (χ0n) is 11.7. The maximum Gasteiger partial charge on any atom is 0.251 e. The highest BCUT2D eigenvalue weighted by Gasteiger charge is 2.36. The predicted octanol–water partition coefficient (Wildman–Crippen LogP) is -0.0461. The molecule has 9 nitrogen and oxygen atoms in total. The van der Waals surface area contributed by atoms with Gasteiger partial charge in [0.2, 0.25) is 11.9 Å². The molecule has 2 aromatic rings. The predicted molar refractivity (Wildman–Crippen MR) is 75.7 cm³/mol. The molecule has 3 N–H and O–H groups in total. The quantitative estimate of drug-likeness (QED) is 0.676. The first-order chi connectivity index (χ1) is 10.1. The molecule has 3 heterocycles. The largest absolute Gasteiger partial charge is 0.356 e. The molecule has 0 radical (unpaired) electrons. The average Bonchev–Trinajstić information content (AvgIpc) is 3.01. The van der Waals surface area contributed by atoms with Gasteiger partial charge in [-0.1, -0.05) is 0 Å². The minimum atomic E-state index is -0.613. The molecule has 0 bridgehead atoms. The molecule has 2 aromatic heterocycles. The van der Waals surface area contributed by atoms with E-state index in [4.69, 9.17) is 0 Å². The highest BCUT2D eigenvalue weighted by Crippen LogP contribution is 2.22. The van der Waals surface area contributed by atoms with Gasteiger partial charge < -0.3 is 15.6 Å². The fourth-order valence-electron chi connectivity index (χ4n) is 2.21. The maximum atomic E-state index is 12.0. The summed E-state index contributed by atoms with van der Waals surface area (Å²) >= 11 is 0. The molecule has 2 amide bonds. The van der Waals surface area contributed by atoms with Crippen molar-refractivity contribution in [1.29, 1.82) is 0 Å². The topological polar surface area (TPSA) is 116 Å². The van der Waals surface area contributed by atoms with Gasteiger partial charge in [-0.15, -0.1) is 0 Å². The number of likely N-dealkylation sites (tertiary alicyclic amines) is 1. The van der Waals surface area contributed by atoms with E-state index in [1.165, 1.54) is 13.4 Å². The van der Waals surface area contributed by atoms with Crippen LogP contribution in [0.25, 0.3) is 11.2 Å². The molecule has 3 rings (SSSR count). The van der Waals surface area contributed by atoms with Crippen LogP contribution < -0.4 is 10.6 Å². The number of aromatic nitrogens is 4. The number of nitrogens with one attached hydrogen (secondary N) is 3. The summed E-state index contributed by atoms with van der Waals surface area (Å²) in [5.41, 5.74) is 1.10. The van der Waals surface area contributed by atoms with Gasteiger partial charge in [-0.2, -0.15) is 9.97 Å². The van der Waals surface area contributed by atoms with Crippen LogP contribution in [0.15, 0.2) is 6.33 Å². The summed E-state index contributed by atoms with van der Waals surface area (Å²) in [6.07, 6.45) is 1.62. The lowest BCUT2D eigenvalue weighted by Gasteiger charge is -2.13. The Hall–Kier alpha value is -2.71. The Kier molecular flexibility index (Phi) is 3.16. The number of hydrogen-bond donors (Lipinski definition) is 3. The van der Waals surface area contributed by atoms with Crippen LogP contribution in [0.2, 0.25) is 0 Å². The third-order valence-corrected chi connectivity index (χ3v) is 3.31. The molecule has 0 aromatic carbocycles. The maximum absolute atomic E-state index is 12.0. The molecule has 1 aliphatic rings. The number of anilines is 2. The van der Waals surface area contributed by atoms with Crippen molar-refractivity contribution in [3.05, 3.63) is 6.33 Å². The van der Waals surface area contributed by atoms with E-state index in [1.807, 2.05) is 6.92 Å². The Bertz CT molecular complexity index is 711. The van der Waals surface area contributed by atoms with E-state index in [0.29, 0.717) is 29.5 Å². The second-order valence-corrected chi connectivity index (χ2v) is 4.72. The third kappa shape index (κ3) is 2.26. The number of imidazole rings is 1. The standard InChI is InChI=1S/C12H15N7O2/c1-3-13-12-17-9-8(14-5-15-9)10(18-12)16-6-4-7(20)19(2)11(6)21/h5-6H,3-4H2,1-2H3,(H3,13,14,15,16,17,18). The van der Waals surface area contributed by atoms with E-state index < -0.39 is 6.04 Å². The van der Waals surface area contributed by atoms with Crippen molar-refractivity contribution < 1.29 is 9.59 Å². The fourth-order valence-corrected chi connectivity index (χ4v) is 2.21. The highest BCUT2D eigenvalue weighted by atomic mass is 16.2. The molecule has 1 aliphatic heterocycles. The smallest absolute Gasteiger partial charge is 0.251 e. The van der Waals surface area contributed by atoms with E-state index in [9.17, 15) is 9.59 Å². The van der Waals surface area contributed by atoms with Crippen molar-refractivity contribution in [2.45, 2.75) is 19.4 Å². The first-order valence-electron chi connectivity index (χ1n) is 6.62. The first kappa shape index (κ1) is 13.3. The third-order valence-electron chi connectivity index (χ3n) is 3.31. The Labute approximate surface area is 120 Å². The molecular weight excluding hydrogens is 274 g/mol. The number of fused-ring (bicyclic) bond motifs is 1. The van der Waals surface area contributed by atoms with Crippen molar-refractivity contribution in [3.63, 3.8) is 0 Å². The number of hydrogen-bond acceptors (Lipinski definition) is 7. The molecule has 0 aliphatic carbocycles. The minimum absolute atomic E-state index is 0.117. The summed E-state index contributed by atoms with van der Waals surface area (Å²) in [6, 6.07) is -0.613. The van der Waals surface area contributed by atoms with Gasteiger partial charge in [-0.05, 0) is 6.92 Å². The molecule has 9 heteroatoms. The van der Waals surface area contributed by atoms with E-state index >= 15 is 0 Å². The van der Waals surface area contributed by atoms with Crippen LogP contribution in [-0.4, -0.2) is 56.3 Å². The fraction of sp³-hybridized carbons (Fsp3) is 0.417. The van der Waals surface area contributed by atoms with Crippen molar-refractivity contribution in [2.75, 3.05) is 24.2 Å². The van der Waals surface area contributed by atoms with Crippen LogP contribution in [0.1, 0.15) is 13.3 Å². The van der Waals surface area contributed by atoms with Gasteiger partial charge in [0.25, 0.3) is 5.91 Å². The molecule has 110 valence electrons. The van der Waals surface area contributed by atoms with Gasteiger partial charge in [0.1, 0.15) is 11.6 Å². The van der Waals surface area contributed by atoms with Gasteiger partial charge in [0.15, 0.2) is 11.5 Å². The van der Waals surface area contributed by atoms with Crippen LogP contribution >= 0.6 is 0 Å². The molecule has 1 unspecified atom stereocenters. The van der Waals surface area contributed by atoms with Crippen molar-refractivity contribution >= 4 is 34.7 Å². The molecule has 1 atom stereocenters. The summed E-state index contributed by atoms with van der Waals surface area (Å²) < 4.78 is 0. The number of H-pyrrole nitrogens is 1. The number of aromatic amines is 1. The lowest BCUT2D eigenvalue weighted by Crippen LogP contribution is -2.32. The molecule has 1 fully saturated rings. The van der Waals surface area contributed by atoms with Gasteiger partial charge in [-0.25, -0.2) is 4.98 Å². The number of likely N-dealkylation sites (N-methyl/N-ethyl adjacent to an activating group) is 1. The normalized spacial score (nSPS) is 18.6. The number of rotatable bonds is 4. The van der Waals surface area contributed by atoms with Crippen LogP contribution in [0, 0.1) is 0 Å². The molecule has 1 saturated heterocycles. The Balaban J connectivity index is 1.94. The summed E-state index contributed by atoms with van der Waals surface area (Å²) in [5.74, 6) is 0.398. The Morgan fingerprint density at radius 1 is 1.43 bits per heavy atom. The van der Waals surface area contributed by atoms with Crippen molar-refractivity contribution in [1.82, 2.24) is 24.8 Å². The van der Waals surface area contributed by atoms with E-state index in [-0.39, 0.29) is 18.2 Å². The highest BCUT2D eigenvalue weighted by molar-refractivity contribution is 6.07. The lowest BCUT2D eigenvalue weighted by molar-refractivity contribution is -0.136. The molecule has 0 spiro atoms. The second-order valence-electron chi connectivity index (χ2n) is 4.72. The zero-order chi connectivity index (χ0) is 15.0. The number of nitrogens with zero attached hydrogens (tertiary/aromatic N) is 4. The zero-order valence-corrected chi connectivity index (χ0v) is 11.7. The monoisotopic (exact) mass is 289 g/mol. The van der Waals surface area contributed by atoms with E-state index in [2.05, 4.69) is 30.6 Å². The number of carbonyl (C=O) groups excluding carboxylic acids is 2. The molecular formula is C12H15N7O2. The summed E-state index contributed by atoms with van der Waals surface area (Å²) in [7, 11) is 1.47. The summed E-state index contributed by atoms with van der Waals surface area (Å²) in [6.45, 7) is 2.60. The van der Waals surface area contributed by atoms with Crippen LogP contribution in [0.4, 0.5) is 11.8 Å². The van der Waals surface area contributed by atoms with Crippen LogP contribution in [-0.2, 0) is 9.59 Å². The lowest BCUT2D eigenvalue weighted by atomic mass is 10.2. The van der Waals surface area contributed by atoms with Crippen LogP contribution in [0.3, 0.4) is 0 Å². The SMILES string of the molecule is CCNc1nc(NC2CC(=O)N(C)C2=O)c2[nH]cnc2n1. The summed E-state index contributed by atoms with van der Waals surface area (Å²) in [4.78, 5) is 40.2. The van der Waals surface area contributed by atoms with Gasteiger partial charge in [0, 0.05) is 13.6 Å². The van der Waals surface area contributed by atoms with Crippen molar-refractivity contribution in [3.8, 4) is 0 Å². The number of amides is 2. The van der Waals surface area contributed by atoms with Gasteiger partial charge in [0.05, 0.1) is 12.7 Å². The van der Waals surface area contributed by atoms with Gasteiger partial charge >= 0.3 is 0 Å². The second kappa shape index (κ2) is 5.00.